The first-order valence-corrected chi connectivity index (χ1v) is 6.03. The van der Waals surface area contributed by atoms with Crippen molar-refractivity contribution in [2.24, 2.45) is 0 Å². The molecule has 1 aromatic rings. The van der Waals surface area contributed by atoms with Gasteiger partial charge in [0.25, 0.3) is 0 Å². The minimum Gasteiger partial charge on any atom is -0.397 e. The van der Waals surface area contributed by atoms with Crippen LogP contribution in [0, 0.1) is 0 Å². The van der Waals surface area contributed by atoms with E-state index in [1.54, 1.807) is 0 Å². The second kappa shape index (κ2) is 4.74. The molecule has 16 heavy (non-hydrogen) atoms. The van der Waals surface area contributed by atoms with E-state index >= 15 is 0 Å². The molecular weight excluding hydrogens is 270 g/mol. The van der Waals surface area contributed by atoms with Gasteiger partial charge >= 0.3 is 0 Å². The summed E-state index contributed by atoms with van der Waals surface area (Å²) >= 11 is 3.37. The molecule has 0 bridgehead atoms. The minimum atomic E-state index is 0.0554. The molecule has 1 heterocycles. The van der Waals surface area contributed by atoms with E-state index in [0.29, 0.717) is 12.2 Å². The molecule has 0 aromatic heterocycles. The highest BCUT2D eigenvalue weighted by Crippen LogP contribution is 2.27. The number of nitrogens with one attached hydrogen (secondary N) is 1. The molecule has 86 valence electrons. The lowest BCUT2D eigenvalue weighted by Crippen LogP contribution is -2.33. The fourth-order valence-corrected chi connectivity index (χ4v) is 2.20. The van der Waals surface area contributed by atoms with E-state index in [-0.39, 0.29) is 5.91 Å². The third-order valence-electron chi connectivity index (χ3n) is 2.59. The number of halogens is 1. The van der Waals surface area contributed by atoms with Crippen LogP contribution >= 0.6 is 15.9 Å². The Morgan fingerprint density at radius 3 is 3.00 bits per heavy atom. The number of rotatable bonds is 1. The molecule has 0 unspecified atom stereocenters. The lowest BCUT2D eigenvalue weighted by Gasteiger charge is -2.23. The van der Waals surface area contributed by atoms with Crippen molar-refractivity contribution in [2.75, 3.05) is 30.3 Å². The van der Waals surface area contributed by atoms with Crippen LogP contribution in [0.1, 0.15) is 6.42 Å². The van der Waals surface area contributed by atoms with Crippen molar-refractivity contribution in [2.45, 2.75) is 6.42 Å². The van der Waals surface area contributed by atoms with E-state index < -0.39 is 0 Å². The summed E-state index contributed by atoms with van der Waals surface area (Å²) < 4.78 is 0.952. The summed E-state index contributed by atoms with van der Waals surface area (Å²) in [6.45, 7) is 1.97. The number of hydrogen-bond donors (Lipinski definition) is 2. The zero-order chi connectivity index (χ0) is 11.5. The SMILES string of the molecule is Nc1cc(Br)ccc1N1CCCNC(=O)C1. The molecule has 0 radical (unpaired) electrons. The van der Waals surface area contributed by atoms with Gasteiger partial charge in [0.05, 0.1) is 17.9 Å². The second-order valence-electron chi connectivity index (χ2n) is 3.83. The van der Waals surface area contributed by atoms with Crippen molar-refractivity contribution in [3.63, 3.8) is 0 Å². The molecule has 1 aliphatic rings. The summed E-state index contributed by atoms with van der Waals surface area (Å²) in [6, 6.07) is 5.74. The zero-order valence-corrected chi connectivity index (χ0v) is 10.5. The normalized spacial score (nSPS) is 16.8. The van der Waals surface area contributed by atoms with Crippen molar-refractivity contribution >= 4 is 33.2 Å². The van der Waals surface area contributed by atoms with Crippen LogP contribution in [-0.2, 0) is 4.79 Å². The fraction of sp³-hybridized carbons (Fsp3) is 0.364. The van der Waals surface area contributed by atoms with E-state index in [1.807, 2.05) is 23.1 Å². The van der Waals surface area contributed by atoms with Crippen LogP contribution in [-0.4, -0.2) is 25.5 Å². The third-order valence-corrected chi connectivity index (χ3v) is 3.08. The van der Waals surface area contributed by atoms with Crippen molar-refractivity contribution in [3.8, 4) is 0 Å². The number of nitrogens with two attached hydrogens (primary N) is 1. The van der Waals surface area contributed by atoms with Crippen LogP contribution in [0.3, 0.4) is 0 Å². The van der Waals surface area contributed by atoms with Gasteiger partial charge in [-0.05, 0) is 24.6 Å². The van der Waals surface area contributed by atoms with Gasteiger partial charge in [-0.15, -0.1) is 0 Å². The quantitative estimate of drug-likeness (QED) is 0.765. The van der Waals surface area contributed by atoms with Gasteiger partial charge in [-0.2, -0.15) is 0 Å². The Morgan fingerprint density at radius 2 is 2.25 bits per heavy atom. The predicted octanol–water partition coefficient (Wildman–Crippen LogP) is 1.36. The fourth-order valence-electron chi connectivity index (χ4n) is 1.83. The Hall–Kier alpha value is -1.23. The Labute approximate surface area is 103 Å². The molecule has 2 rings (SSSR count). The van der Waals surface area contributed by atoms with Crippen LogP contribution in [0.2, 0.25) is 0 Å². The molecular formula is C11H14BrN3O. The van der Waals surface area contributed by atoms with Crippen molar-refractivity contribution in [1.29, 1.82) is 0 Å². The van der Waals surface area contributed by atoms with Gasteiger partial charge in [0, 0.05) is 17.6 Å². The van der Waals surface area contributed by atoms with E-state index in [1.165, 1.54) is 0 Å². The summed E-state index contributed by atoms with van der Waals surface area (Å²) in [6.07, 6.45) is 0.946. The average Bonchev–Trinajstić information content (AvgIpc) is 2.43. The Kier molecular flexibility index (Phi) is 3.33. The lowest BCUT2D eigenvalue weighted by atomic mass is 10.2. The maximum atomic E-state index is 11.4. The molecule has 0 spiro atoms. The smallest absolute Gasteiger partial charge is 0.239 e. The van der Waals surface area contributed by atoms with Crippen molar-refractivity contribution in [3.05, 3.63) is 22.7 Å². The Bertz CT molecular complexity index is 408. The average molecular weight is 284 g/mol. The highest BCUT2D eigenvalue weighted by Gasteiger charge is 2.16. The number of benzene rings is 1. The molecule has 5 heteroatoms. The molecule has 0 aliphatic carbocycles. The number of carbonyl (C=O) groups is 1. The minimum absolute atomic E-state index is 0.0554. The molecule has 0 atom stereocenters. The van der Waals surface area contributed by atoms with Gasteiger partial charge in [-0.3, -0.25) is 4.79 Å². The third kappa shape index (κ3) is 2.47. The lowest BCUT2D eigenvalue weighted by molar-refractivity contribution is -0.119. The first kappa shape index (κ1) is 11.3. The van der Waals surface area contributed by atoms with Gasteiger partial charge in [0.1, 0.15) is 0 Å². The molecule has 1 aromatic carbocycles. The highest BCUT2D eigenvalue weighted by molar-refractivity contribution is 9.10. The van der Waals surface area contributed by atoms with Crippen LogP contribution < -0.4 is 16.0 Å². The number of nitrogen functional groups attached to an aromatic ring is 1. The molecule has 0 saturated carbocycles. The van der Waals surface area contributed by atoms with Gasteiger partial charge in [-0.1, -0.05) is 15.9 Å². The zero-order valence-electron chi connectivity index (χ0n) is 8.87. The van der Waals surface area contributed by atoms with Crippen molar-refractivity contribution < 1.29 is 4.79 Å². The highest BCUT2D eigenvalue weighted by atomic mass is 79.9. The molecule has 1 fully saturated rings. The van der Waals surface area contributed by atoms with E-state index in [4.69, 9.17) is 5.73 Å². The van der Waals surface area contributed by atoms with Crippen LogP contribution in [0.4, 0.5) is 11.4 Å². The summed E-state index contributed by atoms with van der Waals surface area (Å²) in [7, 11) is 0. The number of hydrogen-bond acceptors (Lipinski definition) is 3. The summed E-state index contributed by atoms with van der Waals surface area (Å²) in [5.41, 5.74) is 7.57. The first-order valence-electron chi connectivity index (χ1n) is 5.23. The Balaban J connectivity index is 2.24. The number of carbonyl (C=O) groups excluding carboxylic acids is 1. The maximum Gasteiger partial charge on any atom is 0.239 e. The summed E-state index contributed by atoms with van der Waals surface area (Å²) in [5, 5.41) is 2.84. The van der Waals surface area contributed by atoms with E-state index in [0.717, 1.165) is 29.7 Å². The summed E-state index contributed by atoms with van der Waals surface area (Å²) in [5.74, 6) is 0.0554. The van der Waals surface area contributed by atoms with Gasteiger partial charge in [-0.25, -0.2) is 0 Å². The van der Waals surface area contributed by atoms with E-state index in [9.17, 15) is 4.79 Å². The first-order chi connectivity index (χ1) is 7.66. The number of nitrogens with zero attached hydrogens (tertiary/aromatic N) is 1. The molecule has 3 N–H and O–H groups in total. The van der Waals surface area contributed by atoms with Gasteiger partial charge < -0.3 is 16.0 Å². The molecule has 1 saturated heterocycles. The topological polar surface area (TPSA) is 58.4 Å². The largest absolute Gasteiger partial charge is 0.397 e. The second-order valence-corrected chi connectivity index (χ2v) is 4.74. The molecule has 4 nitrogen and oxygen atoms in total. The monoisotopic (exact) mass is 283 g/mol. The molecule has 1 amide bonds. The Morgan fingerprint density at radius 1 is 1.44 bits per heavy atom. The standard InChI is InChI=1S/C11H14BrN3O/c12-8-2-3-10(9(13)6-8)15-5-1-4-14-11(16)7-15/h2-3,6H,1,4-5,7,13H2,(H,14,16). The van der Waals surface area contributed by atoms with Gasteiger partial charge in [0.15, 0.2) is 0 Å². The van der Waals surface area contributed by atoms with Gasteiger partial charge in [0.2, 0.25) is 5.91 Å². The summed E-state index contributed by atoms with van der Waals surface area (Å²) in [4.78, 5) is 13.5. The van der Waals surface area contributed by atoms with E-state index in [2.05, 4.69) is 21.2 Å². The van der Waals surface area contributed by atoms with Crippen LogP contribution in [0.15, 0.2) is 22.7 Å². The number of anilines is 2. The number of amides is 1. The molecule has 1 aliphatic heterocycles. The van der Waals surface area contributed by atoms with Crippen LogP contribution in [0.25, 0.3) is 0 Å². The maximum absolute atomic E-state index is 11.4. The predicted molar refractivity (Wildman–Crippen MR) is 68.4 cm³/mol. The van der Waals surface area contributed by atoms with Crippen LogP contribution in [0.5, 0.6) is 0 Å². The van der Waals surface area contributed by atoms with Crippen molar-refractivity contribution in [1.82, 2.24) is 5.32 Å².